The van der Waals surface area contributed by atoms with Crippen molar-refractivity contribution in [3.05, 3.63) is 58.4 Å². The number of rotatable bonds is 5. The number of carbonyl (C=O) groups is 1. The van der Waals surface area contributed by atoms with Gasteiger partial charge in [-0.05, 0) is 36.4 Å². The van der Waals surface area contributed by atoms with Crippen molar-refractivity contribution < 1.29 is 27.1 Å². The van der Waals surface area contributed by atoms with Gasteiger partial charge < -0.3 is 9.47 Å². The molecule has 0 fully saturated rings. The van der Waals surface area contributed by atoms with Crippen LogP contribution in [0.1, 0.15) is 15.9 Å². The van der Waals surface area contributed by atoms with E-state index >= 15 is 0 Å². The monoisotopic (exact) mass is 372 g/mol. The molecule has 0 aliphatic heterocycles. The number of ether oxygens (including phenoxy) is 2. The van der Waals surface area contributed by atoms with Crippen molar-refractivity contribution in [2.24, 2.45) is 0 Å². The van der Waals surface area contributed by atoms with Gasteiger partial charge in [0, 0.05) is 11.8 Å². The van der Waals surface area contributed by atoms with Crippen LogP contribution in [0.2, 0.25) is 5.02 Å². The lowest BCUT2D eigenvalue weighted by atomic mass is 10.2. The Bertz CT molecular complexity index is 880. The maximum absolute atomic E-state index is 13.3. The minimum absolute atomic E-state index is 0.0535. The van der Waals surface area contributed by atoms with Gasteiger partial charge in [0.25, 0.3) is 0 Å². The van der Waals surface area contributed by atoms with Crippen LogP contribution in [0, 0.1) is 5.82 Å². The average molecular weight is 373 g/mol. The molecule has 0 radical (unpaired) electrons. The highest BCUT2D eigenvalue weighted by atomic mass is 35.5. The normalized spacial score (nSPS) is 11.2. The van der Waals surface area contributed by atoms with E-state index in [0.29, 0.717) is 11.3 Å². The van der Waals surface area contributed by atoms with E-state index in [1.807, 2.05) is 0 Å². The van der Waals surface area contributed by atoms with Crippen molar-refractivity contribution in [1.29, 1.82) is 0 Å². The van der Waals surface area contributed by atoms with Crippen molar-refractivity contribution in [2.75, 3.05) is 13.4 Å². The summed E-state index contributed by atoms with van der Waals surface area (Å²) >= 11 is 5.93. The van der Waals surface area contributed by atoms with E-state index in [2.05, 4.69) is 0 Å². The van der Waals surface area contributed by atoms with E-state index in [4.69, 9.17) is 21.1 Å². The molecule has 0 saturated heterocycles. The SMILES string of the molecule is COc1ccc(F)cc1COC(=O)c1cc(S(C)(=O)=O)ccc1Cl. The molecule has 0 aliphatic carbocycles. The van der Waals surface area contributed by atoms with Gasteiger partial charge >= 0.3 is 5.97 Å². The number of methoxy groups -OCH3 is 1. The maximum Gasteiger partial charge on any atom is 0.340 e. The molecule has 0 atom stereocenters. The Morgan fingerprint density at radius 1 is 1.21 bits per heavy atom. The summed E-state index contributed by atoms with van der Waals surface area (Å²) in [5, 5.41) is 0.0543. The van der Waals surface area contributed by atoms with E-state index in [1.165, 1.54) is 37.4 Å². The van der Waals surface area contributed by atoms with E-state index in [-0.39, 0.29) is 22.1 Å². The van der Waals surface area contributed by atoms with Crippen LogP contribution in [-0.4, -0.2) is 27.8 Å². The van der Waals surface area contributed by atoms with Crippen LogP contribution in [0.3, 0.4) is 0 Å². The van der Waals surface area contributed by atoms with E-state index in [0.717, 1.165) is 12.3 Å². The summed E-state index contributed by atoms with van der Waals surface area (Å²) in [4.78, 5) is 12.1. The van der Waals surface area contributed by atoms with E-state index in [1.54, 1.807) is 0 Å². The number of sulfone groups is 1. The summed E-state index contributed by atoms with van der Waals surface area (Å²) in [6.45, 7) is -0.251. The Kier molecular flexibility index (Phi) is 5.46. The number of benzene rings is 2. The van der Waals surface area contributed by atoms with Crippen LogP contribution >= 0.6 is 11.6 Å². The van der Waals surface area contributed by atoms with Gasteiger partial charge in [-0.2, -0.15) is 0 Å². The standard InChI is InChI=1S/C16H14ClFO5S/c1-22-15-6-3-11(18)7-10(15)9-23-16(19)13-8-12(24(2,20)21)4-5-14(13)17/h3-8H,9H2,1-2H3. The molecule has 24 heavy (non-hydrogen) atoms. The number of halogens is 2. The van der Waals surface area contributed by atoms with Crippen molar-refractivity contribution in [2.45, 2.75) is 11.5 Å². The first-order valence-corrected chi connectivity index (χ1v) is 8.98. The maximum atomic E-state index is 13.3. The number of hydrogen-bond acceptors (Lipinski definition) is 5. The highest BCUT2D eigenvalue weighted by Gasteiger charge is 2.17. The zero-order valence-electron chi connectivity index (χ0n) is 12.9. The second-order valence-corrected chi connectivity index (χ2v) is 7.37. The minimum atomic E-state index is -3.50. The molecule has 2 rings (SSSR count). The van der Waals surface area contributed by atoms with Crippen LogP contribution in [0.25, 0.3) is 0 Å². The fourth-order valence-corrected chi connectivity index (χ4v) is 2.81. The lowest BCUT2D eigenvalue weighted by Gasteiger charge is -2.10. The van der Waals surface area contributed by atoms with Crippen LogP contribution < -0.4 is 4.74 Å². The largest absolute Gasteiger partial charge is 0.496 e. The van der Waals surface area contributed by atoms with Gasteiger partial charge in [-0.1, -0.05) is 11.6 Å². The van der Waals surface area contributed by atoms with Crippen molar-refractivity contribution >= 4 is 27.4 Å². The first kappa shape index (κ1) is 18.2. The van der Waals surface area contributed by atoms with Crippen molar-refractivity contribution in [3.8, 4) is 5.75 Å². The first-order chi connectivity index (χ1) is 11.2. The molecular weight excluding hydrogens is 359 g/mol. The molecule has 0 bridgehead atoms. The van der Waals surface area contributed by atoms with Crippen LogP contribution in [-0.2, 0) is 21.2 Å². The molecule has 0 aromatic heterocycles. The molecule has 0 N–H and O–H groups in total. The Balaban J connectivity index is 2.24. The summed E-state index contributed by atoms with van der Waals surface area (Å²) in [5.74, 6) is -0.962. The van der Waals surface area contributed by atoms with Gasteiger partial charge in [0.15, 0.2) is 9.84 Å². The molecule has 0 amide bonds. The molecule has 2 aromatic carbocycles. The molecular formula is C16H14ClFO5S. The smallest absolute Gasteiger partial charge is 0.340 e. The fourth-order valence-electron chi connectivity index (χ4n) is 1.97. The minimum Gasteiger partial charge on any atom is -0.496 e. The third-order valence-electron chi connectivity index (χ3n) is 3.19. The Morgan fingerprint density at radius 2 is 1.92 bits per heavy atom. The Hall–Kier alpha value is -2.12. The molecule has 2 aromatic rings. The van der Waals surface area contributed by atoms with Crippen LogP contribution in [0.5, 0.6) is 5.75 Å². The summed E-state index contributed by atoms with van der Waals surface area (Å²) in [6.07, 6.45) is 1.02. The topological polar surface area (TPSA) is 69.7 Å². The molecule has 0 spiro atoms. The second-order valence-electron chi connectivity index (χ2n) is 4.95. The van der Waals surface area contributed by atoms with E-state index in [9.17, 15) is 17.6 Å². The summed E-state index contributed by atoms with van der Waals surface area (Å²) in [5.41, 5.74) is 0.246. The van der Waals surface area contributed by atoms with Gasteiger partial charge in [0.1, 0.15) is 18.2 Å². The summed E-state index contributed by atoms with van der Waals surface area (Å²) < 4.78 is 46.6. The summed E-state index contributed by atoms with van der Waals surface area (Å²) in [7, 11) is -2.09. The highest BCUT2D eigenvalue weighted by molar-refractivity contribution is 7.90. The Morgan fingerprint density at radius 3 is 2.54 bits per heavy atom. The highest BCUT2D eigenvalue weighted by Crippen LogP contribution is 2.24. The lowest BCUT2D eigenvalue weighted by molar-refractivity contribution is 0.0469. The van der Waals surface area contributed by atoms with Gasteiger partial charge in [-0.25, -0.2) is 17.6 Å². The zero-order chi connectivity index (χ0) is 17.9. The molecule has 0 aliphatic rings. The molecule has 0 unspecified atom stereocenters. The van der Waals surface area contributed by atoms with Crippen LogP contribution in [0.15, 0.2) is 41.3 Å². The first-order valence-electron chi connectivity index (χ1n) is 6.71. The molecule has 0 saturated carbocycles. The van der Waals surface area contributed by atoms with Gasteiger partial charge in [0.2, 0.25) is 0 Å². The summed E-state index contributed by atoms with van der Waals surface area (Å²) in [6, 6.07) is 7.55. The Labute approximate surface area is 143 Å². The quantitative estimate of drug-likeness (QED) is 0.753. The molecule has 0 heterocycles. The number of hydrogen-bond donors (Lipinski definition) is 0. The number of carbonyl (C=O) groups excluding carboxylic acids is 1. The van der Waals surface area contributed by atoms with E-state index < -0.39 is 21.6 Å². The molecule has 8 heteroatoms. The van der Waals surface area contributed by atoms with Gasteiger partial charge in [-0.15, -0.1) is 0 Å². The zero-order valence-corrected chi connectivity index (χ0v) is 14.4. The second kappa shape index (κ2) is 7.19. The van der Waals surface area contributed by atoms with Crippen LogP contribution in [0.4, 0.5) is 4.39 Å². The fraction of sp³-hybridized carbons (Fsp3) is 0.188. The van der Waals surface area contributed by atoms with Gasteiger partial charge in [-0.3, -0.25) is 0 Å². The molecule has 128 valence electrons. The van der Waals surface area contributed by atoms with Crippen molar-refractivity contribution in [3.63, 3.8) is 0 Å². The predicted molar refractivity (Wildman–Crippen MR) is 86.6 cm³/mol. The third kappa shape index (κ3) is 4.24. The average Bonchev–Trinajstić information content (AvgIpc) is 2.52. The third-order valence-corrected chi connectivity index (χ3v) is 4.63. The lowest BCUT2D eigenvalue weighted by Crippen LogP contribution is -2.08. The predicted octanol–water partition coefficient (Wildman–Crippen LogP) is 3.25. The van der Waals surface area contributed by atoms with Gasteiger partial charge in [0.05, 0.1) is 22.6 Å². The molecule has 5 nitrogen and oxygen atoms in total. The van der Waals surface area contributed by atoms with Crippen molar-refractivity contribution in [1.82, 2.24) is 0 Å². The number of esters is 1.